The Labute approximate surface area is 131 Å². The molecule has 5 nitrogen and oxygen atoms in total. The molecule has 1 rings (SSSR count). The van der Waals surface area contributed by atoms with Gasteiger partial charge in [0, 0.05) is 15.6 Å². The number of carbonyl (C=O) groups is 3. The molecule has 0 N–H and O–H groups in total. The van der Waals surface area contributed by atoms with E-state index in [9.17, 15) is 14.4 Å². The molecule has 0 spiro atoms. The van der Waals surface area contributed by atoms with Gasteiger partial charge in [0.15, 0.2) is 12.4 Å². The molecule has 21 heavy (non-hydrogen) atoms. The van der Waals surface area contributed by atoms with Crippen molar-refractivity contribution in [2.45, 2.75) is 26.4 Å². The molecule has 1 aromatic carbocycles. The Kier molecular flexibility index (Phi) is 6.30. The van der Waals surface area contributed by atoms with E-state index in [-0.39, 0.29) is 17.7 Å². The van der Waals surface area contributed by atoms with Gasteiger partial charge in [0.05, 0.1) is 0 Å². The van der Waals surface area contributed by atoms with E-state index in [4.69, 9.17) is 9.47 Å². The first-order valence-corrected chi connectivity index (χ1v) is 7.01. The maximum Gasteiger partial charge on any atom is 0.352 e. The third kappa shape index (κ3) is 4.82. The van der Waals surface area contributed by atoms with Crippen LogP contribution in [0, 0.1) is 0 Å². The van der Waals surface area contributed by atoms with E-state index in [1.54, 1.807) is 13.0 Å². The van der Waals surface area contributed by atoms with Crippen molar-refractivity contribution < 1.29 is 23.9 Å². The summed E-state index contributed by atoms with van der Waals surface area (Å²) in [6, 6.07) is 4.54. The third-order valence-corrected chi connectivity index (χ3v) is 3.27. The van der Waals surface area contributed by atoms with Crippen molar-refractivity contribution >= 4 is 34.2 Å². The van der Waals surface area contributed by atoms with Crippen molar-refractivity contribution in [3.63, 3.8) is 0 Å². The summed E-state index contributed by atoms with van der Waals surface area (Å²) in [5.41, 5.74) is 0.556. The molecule has 1 aromatic rings. The molecule has 0 amide bonds. The van der Waals surface area contributed by atoms with Gasteiger partial charge in [-0.2, -0.15) is 0 Å². The summed E-state index contributed by atoms with van der Waals surface area (Å²) in [6.07, 6.45) is -0.105. The second-order valence-electron chi connectivity index (χ2n) is 4.30. The fraction of sp³-hybridized carbons (Fsp3) is 0.267. The lowest BCUT2D eigenvalue weighted by Gasteiger charge is -2.15. The molecule has 0 bridgehead atoms. The van der Waals surface area contributed by atoms with Crippen LogP contribution in [0.2, 0.25) is 0 Å². The van der Waals surface area contributed by atoms with Crippen LogP contribution in [0.15, 0.2) is 34.8 Å². The molecule has 0 heterocycles. The molecule has 0 saturated heterocycles. The molecule has 6 heteroatoms. The van der Waals surface area contributed by atoms with Gasteiger partial charge in [-0.15, -0.1) is 0 Å². The van der Waals surface area contributed by atoms with Crippen LogP contribution in [0.4, 0.5) is 0 Å². The molecular weight excluding hydrogens is 340 g/mol. The quantitative estimate of drug-likeness (QED) is 0.340. The van der Waals surface area contributed by atoms with E-state index in [0.29, 0.717) is 16.3 Å². The molecule has 1 atom stereocenters. The Bertz CT molecular complexity index is 579. The molecule has 112 valence electrons. The Morgan fingerprint density at radius 3 is 2.62 bits per heavy atom. The average Bonchev–Trinajstić information content (AvgIpc) is 2.46. The summed E-state index contributed by atoms with van der Waals surface area (Å²) in [4.78, 5) is 34.2. The predicted molar refractivity (Wildman–Crippen MR) is 80.1 cm³/mol. The van der Waals surface area contributed by atoms with Gasteiger partial charge in [-0.1, -0.05) is 29.4 Å². The van der Waals surface area contributed by atoms with Gasteiger partial charge in [0.2, 0.25) is 0 Å². The second-order valence-corrected chi connectivity index (χ2v) is 5.16. The van der Waals surface area contributed by atoms with Gasteiger partial charge in [0.25, 0.3) is 0 Å². The summed E-state index contributed by atoms with van der Waals surface area (Å²) in [5, 5.41) is 0. The Morgan fingerprint density at radius 1 is 1.43 bits per heavy atom. The molecule has 1 unspecified atom stereocenters. The van der Waals surface area contributed by atoms with E-state index in [1.807, 2.05) is 0 Å². The van der Waals surface area contributed by atoms with Gasteiger partial charge >= 0.3 is 11.9 Å². The van der Waals surface area contributed by atoms with E-state index in [0.717, 1.165) is 0 Å². The molecule has 0 fully saturated rings. The SMILES string of the molecule is C=C(C)C(=O)OC(CC)C(=O)Oc1ccc(Br)c(C=O)c1. The number of esters is 2. The van der Waals surface area contributed by atoms with Crippen LogP contribution in [0.5, 0.6) is 5.75 Å². The maximum absolute atomic E-state index is 12.0. The zero-order chi connectivity index (χ0) is 16.0. The summed E-state index contributed by atoms with van der Waals surface area (Å²) in [5.74, 6) is -1.15. The van der Waals surface area contributed by atoms with Gasteiger partial charge in [-0.25, -0.2) is 9.59 Å². The highest BCUT2D eigenvalue weighted by molar-refractivity contribution is 9.10. The Hall–Kier alpha value is -1.95. The highest BCUT2D eigenvalue weighted by Crippen LogP contribution is 2.22. The number of hydrogen-bond donors (Lipinski definition) is 0. The normalized spacial score (nSPS) is 11.4. The highest BCUT2D eigenvalue weighted by Gasteiger charge is 2.23. The summed E-state index contributed by atoms with van der Waals surface area (Å²) >= 11 is 3.20. The van der Waals surface area contributed by atoms with Crippen molar-refractivity contribution in [3.05, 3.63) is 40.4 Å². The number of halogens is 1. The topological polar surface area (TPSA) is 69.7 Å². The molecular formula is C15H15BrO5. The number of hydrogen-bond acceptors (Lipinski definition) is 5. The lowest BCUT2D eigenvalue weighted by Crippen LogP contribution is -2.30. The predicted octanol–water partition coefficient (Wildman–Crippen LogP) is 3.06. The zero-order valence-electron chi connectivity index (χ0n) is 11.7. The molecule has 0 saturated carbocycles. The van der Waals surface area contributed by atoms with Gasteiger partial charge in [-0.05, 0) is 31.5 Å². The van der Waals surface area contributed by atoms with Crippen LogP contribution < -0.4 is 4.74 Å². The Morgan fingerprint density at radius 2 is 2.10 bits per heavy atom. The van der Waals surface area contributed by atoms with E-state index < -0.39 is 18.0 Å². The van der Waals surface area contributed by atoms with Gasteiger partial charge in [-0.3, -0.25) is 4.79 Å². The van der Waals surface area contributed by atoms with Gasteiger partial charge in [0.1, 0.15) is 5.75 Å². The van der Waals surface area contributed by atoms with Crippen LogP contribution >= 0.6 is 15.9 Å². The van der Waals surface area contributed by atoms with Crippen molar-refractivity contribution in [1.82, 2.24) is 0 Å². The monoisotopic (exact) mass is 354 g/mol. The fourth-order valence-electron chi connectivity index (χ4n) is 1.39. The van der Waals surface area contributed by atoms with Crippen LogP contribution in [-0.4, -0.2) is 24.3 Å². The maximum atomic E-state index is 12.0. The number of aldehydes is 1. The smallest absolute Gasteiger partial charge is 0.352 e. The lowest BCUT2D eigenvalue weighted by atomic mass is 10.2. The number of rotatable bonds is 6. The minimum Gasteiger partial charge on any atom is -0.447 e. The van der Waals surface area contributed by atoms with Gasteiger partial charge < -0.3 is 9.47 Å². The van der Waals surface area contributed by atoms with E-state index in [1.165, 1.54) is 19.1 Å². The third-order valence-electron chi connectivity index (χ3n) is 2.54. The number of benzene rings is 1. The van der Waals surface area contributed by atoms with E-state index >= 15 is 0 Å². The average molecular weight is 355 g/mol. The summed E-state index contributed by atoms with van der Waals surface area (Å²) in [7, 11) is 0. The van der Waals surface area contributed by atoms with Crippen molar-refractivity contribution in [2.75, 3.05) is 0 Å². The largest absolute Gasteiger partial charge is 0.447 e. The van der Waals surface area contributed by atoms with E-state index in [2.05, 4.69) is 22.5 Å². The highest BCUT2D eigenvalue weighted by atomic mass is 79.9. The first-order valence-electron chi connectivity index (χ1n) is 6.22. The summed E-state index contributed by atoms with van der Waals surface area (Å²) < 4.78 is 10.7. The molecule has 0 aliphatic carbocycles. The van der Waals surface area contributed by atoms with Crippen molar-refractivity contribution in [3.8, 4) is 5.75 Å². The Balaban J connectivity index is 2.80. The molecule has 0 aromatic heterocycles. The number of carbonyl (C=O) groups excluding carboxylic acids is 3. The van der Waals surface area contributed by atoms with Crippen LogP contribution in [-0.2, 0) is 14.3 Å². The lowest BCUT2D eigenvalue weighted by molar-refractivity contribution is -0.159. The second kappa shape index (κ2) is 7.73. The first kappa shape index (κ1) is 17.1. The fourth-order valence-corrected chi connectivity index (χ4v) is 1.73. The zero-order valence-corrected chi connectivity index (χ0v) is 13.3. The van der Waals surface area contributed by atoms with Crippen molar-refractivity contribution in [1.29, 1.82) is 0 Å². The standard InChI is InChI=1S/C15H15BrO5/c1-4-13(21-14(18)9(2)3)15(19)20-11-5-6-12(16)10(7-11)8-17/h5-8,13H,2,4H2,1,3H3. The van der Waals surface area contributed by atoms with Crippen LogP contribution in [0.3, 0.4) is 0 Å². The van der Waals surface area contributed by atoms with Crippen molar-refractivity contribution in [2.24, 2.45) is 0 Å². The van der Waals surface area contributed by atoms with Crippen LogP contribution in [0.25, 0.3) is 0 Å². The molecule has 0 radical (unpaired) electrons. The van der Waals surface area contributed by atoms with Crippen LogP contribution in [0.1, 0.15) is 30.6 Å². The minimum atomic E-state index is -1.02. The first-order chi connectivity index (χ1) is 9.88. The molecule has 0 aliphatic heterocycles. The minimum absolute atomic E-state index is 0.202. The summed E-state index contributed by atoms with van der Waals surface area (Å²) in [6.45, 7) is 6.63. The number of ether oxygens (including phenoxy) is 2. The molecule has 0 aliphatic rings.